The topological polar surface area (TPSA) is 29.9 Å². The van der Waals surface area contributed by atoms with Crippen LogP contribution in [0, 0.1) is 0 Å². The van der Waals surface area contributed by atoms with Gasteiger partial charge in [0.05, 0.1) is 11.2 Å². The van der Waals surface area contributed by atoms with Gasteiger partial charge in [-0.2, -0.15) is 5.10 Å². The van der Waals surface area contributed by atoms with E-state index in [1.54, 1.807) is 0 Å². The summed E-state index contributed by atoms with van der Waals surface area (Å²) in [7, 11) is 0. The molecule has 0 aliphatic rings. The average Bonchev–Trinajstić information content (AvgIpc) is 2.88. The summed E-state index contributed by atoms with van der Waals surface area (Å²) in [6, 6.07) is 8.52. The molecule has 0 fully saturated rings. The number of nitrogens with zero attached hydrogens (tertiary/aromatic N) is 2. The summed E-state index contributed by atoms with van der Waals surface area (Å²) in [5.41, 5.74) is 2.43. The SMILES string of the molecule is CCCCCCCCNCc1nn(CC)c2ccccc12. The van der Waals surface area contributed by atoms with E-state index in [0.29, 0.717) is 0 Å². The zero-order valence-corrected chi connectivity index (χ0v) is 13.6. The Morgan fingerprint density at radius 3 is 2.57 bits per heavy atom. The second-order valence-corrected chi connectivity index (χ2v) is 5.72. The minimum atomic E-state index is 0.877. The number of unbranched alkanes of at least 4 members (excludes halogenated alkanes) is 5. The summed E-state index contributed by atoms with van der Waals surface area (Å²) in [6.45, 7) is 7.31. The lowest BCUT2D eigenvalue weighted by molar-refractivity contribution is 0.565. The van der Waals surface area contributed by atoms with Gasteiger partial charge in [-0.05, 0) is 26.0 Å². The Morgan fingerprint density at radius 1 is 1.00 bits per heavy atom. The van der Waals surface area contributed by atoms with Crippen LogP contribution < -0.4 is 5.32 Å². The van der Waals surface area contributed by atoms with Crippen LogP contribution in [0.25, 0.3) is 10.9 Å². The van der Waals surface area contributed by atoms with E-state index in [2.05, 4.69) is 48.1 Å². The monoisotopic (exact) mass is 287 g/mol. The molecule has 0 aliphatic carbocycles. The van der Waals surface area contributed by atoms with E-state index in [-0.39, 0.29) is 0 Å². The highest BCUT2D eigenvalue weighted by atomic mass is 15.3. The molecule has 2 aromatic rings. The van der Waals surface area contributed by atoms with Crippen molar-refractivity contribution < 1.29 is 0 Å². The molecule has 3 heteroatoms. The minimum absolute atomic E-state index is 0.877. The van der Waals surface area contributed by atoms with Gasteiger partial charge in [-0.1, -0.05) is 57.2 Å². The van der Waals surface area contributed by atoms with E-state index in [1.807, 2.05) is 0 Å². The van der Waals surface area contributed by atoms with E-state index < -0.39 is 0 Å². The molecule has 0 atom stereocenters. The van der Waals surface area contributed by atoms with E-state index >= 15 is 0 Å². The smallest absolute Gasteiger partial charge is 0.0841 e. The van der Waals surface area contributed by atoms with Crippen molar-refractivity contribution >= 4 is 10.9 Å². The molecule has 0 spiro atoms. The quantitative estimate of drug-likeness (QED) is 0.652. The van der Waals surface area contributed by atoms with E-state index in [0.717, 1.165) is 19.6 Å². The standard InChI is InChI=1S/C18H29N3/c1-3-5-6-7-8-11-14-19-15-17-16-12-9-10-13-18(16)21(4-2)20-17/h9-10,12-13,19H,3-8,11,14-15H2,1-2H3. The Balaban J connectivity index is 1.76. The maximum Gasteiger partial charge on any atom is 0.0841 e. The van der Waals surface area contributed by atoms with Crippen LogP contribution in [-0.2, 0) is 13.1 Å². The van der Waals surface area contributed by atoms with Crippen molar-refractivity contribution in [3.8, 4) is 0 Å². The number of fused-ring (bicyclic) bond motifs is 1. The molecule has 0 radical (unpaired) electrons. The molecule has 2 rings (SSSR count). The summed E-state index contributed by atoms with van der Waals surface area (Å²) in [4.78, 5) is 0. The highest BCUT2D eigenvalue weighted by Gasteiger charge is 2.07. The molecule has 0 saturated heterocycles. The molecule has 1 N–H and O–H groups in total. The third kappa shape index (κ3) is 4.57. The summed E-state index contributed by atoms with van der Waals surface area (Å²) < 4.78 is 2.09. The zero-order chi connectivity index (χ0) is 14.9. The van der Waals surface area contributed by atoms with Crippen LogP contribution in [0.15, 0.2) is 24.3 Å². The van der Waals surface area contributed by atoms with Crippen LogP contribution in [0.1, 0.15) is 58.1 Å². The van der Waals surface area contributed by atoms with Crippen LogP contribution in [0.2, 0.25) is 0 Å². The van der Waals surface area contributed by atoms with Crippen molar-refractivity contribution in [1.82, 2.24) is 15.1 Å². The second-order valence-electron chi connectivity index (χ2n) is 5.72. The molecule has 0 amide bonds. The van der Waals surface area contributed by atoms with E-state index in [1.165, 1.54) is 55.1 Å². The Morgan fingerprint density at radius 2 is 1.76 bits per heavy atom. The van der Waals surface area contributed by atoms with Crippen molar-refractivity contribution in [1.29, 1.82) is 0 Å². The van der Waals surface area contributed by atoms with Gasteiger partial charge in [-0.15, -0.1) is 0 Å². The van der Waals surface area contributed by atoms with Crippen LogP contribution in [-0.4, -0.2) is 16.3 Å². The Bertz CT molecular complexity index is 530. The molecule has 1 heterocycles. The fourth-order valence-corrected chi connectivity index (χ4v) is 2.80. The lowest BCUT2D eigenvalue weighted by atomic mass is 10.1. The van der Waals surface area contributed by atoms with Crippen molar-refractivity contribution in [2.24, 2.45) is 0 Å². The highest BCUT2D eigenvalue weighted by molar-refractivity contribution is 5.81. The predicted octanol–water partition coefficient (Wildman–Crippen LogP) is 4.51. The number of benzene rings is 1. The number of rotatable bonds is 10. The highest BCUT2D eigenvalue weighted by Crippen LogP contribution is 2.18. The van der Waals surface area contributed by atoms with Gasteiger partial charge in [0, 0.05) is 18.5 Å². The van der Waals surface area contributed by atoms with E-state index in [9.17, 15) is 0 Å². The first-order valence-electron chi connectivity index (χ1n) is 8.52. The molecular formula is C18H29N3. The lowest BCUT2D eigenvalue weighted by Gasteiger charge is -2.03. The summed E-state index contributed by atoms with van der Waals surface area (Å²) in [5.74, 6) is 0. The number of para-hydroxylation sites is 1. The second kappa shape index (κ2) is 8.83. The van der Waals surface area contributed by atoms with Gasteiger partial charge in [0.2, 0.25) is 0 Å². The average molecular weight is 287 g/mol. The third-order valence-corrected chi connectivity index (χ3v) is 4.03. The minimum Gasteiger partial charge on any atom is -0.311 e. The number of hydrogen-bond donors (Lipinski definition) is 1. The third-order valence-electron chi connectivity index (χ3n) is 4.03. The van der Waals surface area contributed by atoms with Gasteiger partial charge < -0.3 is 5.32 Å². The molecule has 3 nitrogen and oxygen atoms in total. The maximum absolute atomic E-state index is 4.72. The van der Waals surface area contributed by atoms with Crippen molar-refractivity contribution in [3.63, 3.8) is 0 Å². The lowest BCUT2D eigenvalue weighted by Crippen LogP contribution is -2.15. The maximum atomic E-state index is 4.72. The van der Waals surface area contributed by atoms with Gasteiger partial charge in [-0.3, -0.25) is 4.68 Å². The summed E-state index contributed by atoms with van der Waals surface area (Å²) in [6.07, 6.45) is 8.09. The first-order valence-corrected chi connectivity index (χ1v) is 8.52. The van der Waals surface area contributed by atoms with Crippen LogP contribution >= 0.6 is 0 Å². The van der Waals surface area contributed by atoms with Crippen molar-refractivity contribution in [3.05, 3.63) is 30.0 Å². The van der Waals surface area contributed by atoms with Crippen molar-refractivity contribution in [2.75, 3.05) is 6.54 Å². The Kier molecular flexibility index (Phi) is 6.74. The zero-order valence-electron chi connectivity index (χ0n) is 13.6. The Hall–Kier alpha value is -1.35. The Labute approximate surface area is 128 Å². The molecule has 0 saturated carbocycles. The molecule has 0 aliphatic heterocycles. The predicted molar refractivity (Wildman–Crippen MR) is 90.5 cm³/mol. The molecule has 116 valence electrons. The molecule has 21 heavy (non-hydrogen) atoms. The van der Waals surface area contributed by atoms with Crippen molar-refractivity contribution in [2.45, 2.75) is 65.5 Å². The summed E-state index contributed by atoms with van der Waals surface area (Å²) in [5, 5.41) is 9.55. The molecule has 1 aromatic carbocycles. The number of hydrogen-bond acceptors (Lipinski definition) is 2. The van der Waals surface area contributed by atoms with Crippen LogP contribution in [0.5, 0.6) is 0 Å². The van der Waals surface area contributed by atoms with Crippen LogP contribution in [0.3, 0.4) is 0 Å². The number of aryl methyl sites for hydroxylation is 1. The molecule has 0 unspecified atom stereocenters. The van der Waals surface area contributed by atoms with Crippen LogP contribution in [0.4, 0.5) is 0 Å². The summed E-state index contributed by atoms with van der Waals surface area (Å²) >= 11 is 0. The number of aromatic nitrogens is 2. The largest absolute Gasteiger partial charge is 0.311 e. The fourth-order valence-electron chi connectivity index (χ4n) is 2.80. The first kappa shape index (κ1) is 16.0. The van der Waals surface area contributed by atoms with Gasteiger partial charge in [0.25, 0.3) is 0 Å². The van der Waals surface area contributed by atoms with Gasteiger partial charge in [-0.25, -0.2) is 0 Å². The van der Waals surface area contributed by atoms with E-state index in [4.69, 9.17) is 5.10 Å². The molecule has 1 aromatic heterocycles. The normalized spacial score (nSPS) is 11.3. The van der Waals surface area contributed by atoms with Gasteiger partial charge in [0.1, 0.15) is 0 Å². The molecular weight excluding hydrogens is 258 g/mol. The number of nitrogens with one attached hydrogen (secondary N) is 1. The fraction of sp³-hybridized carbons (Fsp3) is 0.611. The first-order chi connectivity index (χ1) is 10.4. The molecule has 0 bridgehead atoms. The van der Waals surface area contributed by atoms with Gasteiger partial charge >= 0.3 is 0 Å². The van der Waals surface area contributed by atoms with Gasteiger partial charge in [0.15, 0.2) is 0 Å².